The molecule has 4 aromatic rings. The number of ether oxygens (including phenoxy) is 1. The number of nitrogens with zero attached hydrogens (tertiary/aromatic N) is 4. The fraction of sp³-hybridized carbons (Fsp3) is 0.0952. The minimum atomic E-state index is -0.319. The van der Waals surface area contributed by atoms with Crippen molar-refractivity contribution in [1.29, 1.82) is 5.26 Å². The first-order chi connectivity index (χ1) is 13.6. The van der Waals surface area contributed by atoms with Crippen LogP contribution in [0.2, 0.25) is 0 Å². The Morgan fingerprint density at radius 1 is 1.11 bits per heavy atom. The van der Waals surface area contributed by atoms with Gasteiger partial charge in [0.1, 0.15) is 23.0 Å². The molecule has 3 aromatic heterocycles. The first-order valence-corrected chi connectivity index (χ1v) is 8.55. The van der Waals surface area contributed by atoms with Gasteiger partial charge in [0, 0.05) is 5.69 Å². The number of hydrogen-bond acceptors (Lipinski definition) is 5. The van der Waals surface area contributed by atoms with Crippen molar-refractivity contribution in [2.45, 2.75) is 6.92 Å². The van der Waals surface area contributed by atoms with Gasteiger partial charge in [-0.2, -0.15) is 5.26 Å². The molecule has 0 bridgehead atoms. The largest absolute Gasteiger partial charge is 0.495 e. The highest BCUT2D eigenvalue weighted by atomic mass is 19.1. The third kappa shape index (κ3) is 3.23. The van der Waals surface area contributed by atoms with Crippen LogP contribution in [0.1, 0.15) is 11.3 Å². The quantitative estimate of drug-likeness (QED) is 0.571. The lowest BCUT2D eigenvalue weighted by molar-refractivity contribution is 0.412. The maximum Gasteiger partial charge on any atom is 0.137 e. The van der Waals surface area contributed by atoms with Gasteiger partial charge in [-0.05, 0) is 55.5 Å². The van der Waals surface area contributed by atoms with Gasteiger partial charge in [-0.1, -0.05) is 0 Å². The van der Waals surface area contributed by atoms with Crippen LogP contribution >= 0.6 is 0 Å². The van der Waals surface area contributed by atoms with Gasteiger partial charge in [-0.15, -0.1) is 0 Å². The monoisotopic (exact) mass is 373 g/mol. The number of nitriles is 1. The molecule has 1 aromatic carbocycles. The molecule has 0 aliphatic rings. The standard InChI is InChI=1S/C21H16FN5O/c1-13-21(27-12-17(28-2)7-8-20(27)24-13)18-9-14(11-23)10-19(26-18)25-16-5-3-15(22)4-6-16/h3-10,12H,1-2H3,(H,25,26). The summed E-state index contributed by atoms with van der Waals surface area (Å²) in [6.07, 6.45) is 1.83. The van der Waals surface area contributed by atoms with Gasteiger partial charge in [0.2, 0.25) is 0 Å². The van der Waals surface area contributed by atoms with Crippen molar-refractivity contribution in [3.63, 3.8) is 0 Å². The normalized spacial score (nSPS) is 10.6. The number of methoxy groups -OCH3 is 1. The van der Waals surface area contributed by atoms with Gasteiger partial charge in [0.15, 0.2) is 0 Å². The van der Waals surface area contributed by atoms with E-state index in [1.807, 2.05) is 29.7 Å². The second kappa shape index (κ2) is 7.00. The third-order valence-electron chi connectivity index (χ3n) is 4.32. The van der Waals surface area contributed by atoms with Crippen LogP contribution < -0.4 is 10.1 Å². The predicted octanol–water partition coefficient (Wildman–Crippen LogP) is 4.47. The van der Waals surface area contributed by atoms with E-state index in [1.54, 1.807) is 31.4 Å². The number of fused-ring (bicyclic) bond motifs is 1. The van der Waals surface area contributed by atoms with E-state index >= 15 is 0 Å². The van der Waals surface area contributed by atoms with Crippen molar-refractivity contribution in [1.82, 2.24) is 14.4 Å². The molecular weight excluding hydrogens is 357 g/mol. The highest BCUT2D eigenvalue weighted by molar-refractivity contribution is 5.69. The van der Waals surface area contributed by atoms with E-state index in [0.29, 0.717) is 28.5 Å². The predicted molar refractivity (Wildman–Crippen MR) is 104 cm³/mol. The van der Waals surface area contributed by atoms with E-state index in [9.17, 15) is 9.65 Å². The van der Waals surface area contributed by atoms with E-state index in [-0.39, 0.29) is 5.82 Å². The lowest BCUT2D eigenvalue weighted by atomic mass is 10.1. The Hall–Kier alpha value is -3.92. The van der Waals surface area contributed by atoms with Crippen molar-refractivity contribution in [2.24, 2.45) is 0 Å². The van der Waals surface area contributed by atoms with Crippen LogP contribution in [0.25, 0.3) is 17.0 Å². The zero-order valence-electron chi connectivity index (χ0n) is 15.3. The molecule has 7 heteroatoms. The summed E-state index contributed by atoms with van der Waals surface area (Å²) in [6, 6.07) is 15.2. The molecule has 0 unspecified atom stereocenters. The van der Waals surface area contributed by atoms with Gasteiger partial charge in [0.25, 0.3) is 0 Å². The Bertz CT molecular complexity index is 1210. The highest BCUT2D eigenvalue weighted by Gasteiger charge is 2.15. The summed E-state index contributed by atoms with van der Waals surface area (Å²) in [6.45, 7) is 1.89. The molecule has 4 rings (SSSR count). The van der Waals surface area contributed by atoms with Crippen LogP contribution in [0, 0.1) is 24.1 Å². The Kier molecular flexibility index (Phi) is 4.38. The van der Waals surface area contributed by atoms with Crippen molar-refractivity contribution in [2.75, 3.05) is 12.4 Å². The van der Waals surface area contributed by atoms with Crippen molar-refractivity contribution < 1.29 is 9.13 Å². The zero-order valence-corrected chi connectivity index (χ0v) is 15.3. The molecule has 0 aliphatic heterocycles. The van der Waals surface area contributed by atoms with Crippen LogP contribution in [0.3, 0.4) is 0 Å². The lowest BCUT2D eigenvalue weighted by Crippen LogP contribution is -1.99. The smallest absolute Gasteiger partial charge is 0.137 e. The second-order valence-corrected chi connectivity index (χ2v) is 6.21. The van der Waals surface area contributed by atoms with Crippen molar-refractivity contribution in [3.05, 3.63) is 71.8 Å². The first kappa shape index (κ1) is 17.5. The number of hydrogen-bond donors (Lipinski definition) is 1. The molecule has 138 valence electrons. The molecule has 1 N–H and O–H groups in total. The SMILES string of the molecule is COc1ccc2nc(C)c(-c3cc(C#N)cc(Nc4ccc(F)cc4)n3)n2c1. The average Bonchev–Trinajstić information content (AvgIpc) is 3.04. The van der Waals surface area contributed by atoms with E-state index in [2.05, 4.69) is 21.4 Å². The van der Waals surface area contributed by atoms with Crippen molar-refractivity contribution in [3.8, 4) is 23.2 Å². The topological polar surface area (TPSA) is 75.2 Å². The number of aryl methyl sites for hydroxylation is 1. The number of nitrogens with one attached hydrogen (secondary N) is 1. The number of benzene rings is 1. The van der Waals surface area contributed by atoms with Crippen LogP contribution in [-0.2, 0) is 0 Å². The second-order valence-electron chi connectivity index (χ2n) is 6.21. The van der Waals surface area contributed by atoms with E-state index in [1.165, 1.54) is 12.1 Å². The van der Waals surface area contributed by atoms with Crippen LogP contribution in [0.4, 0.5) is 15.9 Å². The molecule has 6 nitrogen and oxygen atoms in total. The number of rotatable bonds is 4. The Labute approximate surface area is 160 Å². The van der Waals surface area contributed by atoms with E-state index in [4.69, 9.17) is 4.74 Å². The van der Waals surface area contributed by atoms with Crippen LogP contribution in [-0.4, -0.2) is 21.5 Å². The fourth-order valence-electron chi connectivity index (χ4n) is 3.03. The summed E-state index contributed by atoms with van der Waals surface area (Å²) >= 11 is 0. The summed E-state index contributed by atoms with van der Waals surface area (Å²) in [5.41, 5.74) is 4.03. The average molecular weight is 373 g/mol. The lowest BCUT2D eigenvalue weighted by Gasteiger charge is -2.10. The van der Waals surface area contributed by atoms with Crippen LogP contribution in [0.15, 0.2) is 54.7 Å². The number of halogens is 1. The summed E-state index contributed by atoms with van der Waals surface area (Å²) in [5, 5.41) is 12.6. The van der Waals surface area contributed by atoms with Gasteiger partial charge < -0.3 is 10.1 Å². The summed E-state index contributed by atoms with van der Waals surface area (Å²) < 4.78 is 20.3. The van der Waals surface area contributed by atoms with Crippen molar-refractivity contribution >= 4 is 17.2 Å². The summed E-state index contributed by atoms with van der Waals surface area (Å²) in [4.78, 5) is 9.22. The van der Waals surface area contributed by atoms with E-state index < -0.39 is 0 Å². The highest BCUT2D eigenvalue weighted by Crippen LogP contribution is 2.28. The molecule has 0 aliphatic carbocycles. The first-order valence-electron chi connectivity index (χ1n) is 8.55. The fourth-order valence-corrected chi connectivity index (χ4v) is 3.03. The van der Waals surface area contributed by atoms with Gasteiger partial charge >= 0.3 is 0 Å². The number of pyridine rings is 2. The minimum Gasteiger partial charge on any atom is -0.495 e. The van der Waals surface area contributed by atoms with E-state index in [0.717, 1.165) is 17.0 Å². The Morgan fingerprint density at radius 3 is 2.61 bits per heavy atom. The molecule has 3 heterocycles. The molecule has 0 radical (unpaired) electrons. The summed E-state index contributed by atoms with van der Waals surface area (Å²) in [7, 11) is 1.60. The molecule has 0 saturated heterocycles. The molecule has 0 saturated carbocycles. The zero-order chi connectivity index (χ0) is 19.7. The van der Waals surface area contributed by atoms with Gasteiger partial charge in [0.05, 0.1) is 42.0 Å². The maximum atomic E-state index is 13.1. The van der Waals surface area contributed by atoms with Gasteiger partial charge in [-0.25, -0.2) is 14.4 Å². The Morgan fingerprint density at radius 2 is 1.89 bits per heavy atom. The Balaban J connectivity index is 1.84. The number of anilines is 2. The molecule has 0 fully saturated rings. The third-order valence-corrected chi connectivity index (χ3v) is 4.32. The molecule has 0 spiro atoms. The van der Waals surface area contributed by atoms with Gasteiger partial charge in [-0.3, -0.25) is 4.40 Å². The minimum absolute atomic E-state index is 0.319. The number of imidazole rings is 1. The summed E-state index contributed by atoms with van der Waals surface area (Å²) in [5.74, 6) is 0.852. The molecule has 28 heavy (non-hydrogen) atoms. The van der Waals surface area contributed by atoms with Crippen LogP contribution in [0.5, 0.6) is 5.75 Å². The molecular formula is C21H16FN5O. The number of aromatic nitrogens is 3. The molecule has 0 atom stereocenters. The maximum absolute atomic E-state index is 13.1. The molecule has 0 amide bonds.